The Kier molecular flexibility index (Phi) is 7.96. The van der Waals surface area contributed by atoms with Crippen molar-refractivity contribution in [3.8, 4) is 11.6 Å². The van der Waals surface area contributed by atoms with Gasteiger partial charge in [-0.1, -0.05) is 11.6 Å². The molecule has 1 atom stereocenters. The fourth-order valence-electron chi connectivity index (χ4n) is 3.02. The van der Waals surface area contributed by atoms with E-state index in [2.05, 4.69) is 15.4 Å². The van der Waals surface area contributed by atoms with E-state index in [4.69, 9.17) is 31.2 Å². The maximum Gasteiger partial charge on any atom is 0.412 e. The van der Waals surface area contributed by atoms with Crippen molar-refractivity contribution in [3.63, 3.8) is 0 Å². The molecule has 1 unspecified atom stereocenters. The molecule has 3 rings (SSSR count). The number of halogens is 3. The Morgan fingerprint density at radius 1 is 1.30 bits per heavy atom. The van der Waals surface area contributed by atoms with Gasteiger partial charge in [-0.2, -0.15) is 4.98 Å². The van der Waals surface area contributed by atoms with E-state index in [0.29, 0.717) is 0 Å². The standard InChI is InChI=1S/C20H20ClFIN4O5P/c1-20(2,3)32-19(29)25-14-12(16-18(26-17(14)21)31-7-6-30-16)15(28)9-4-5-11(22)13(27-33-23)10(9)8-24/h4-5,8,24,27,33H,6-7H2,1-3H3,(H,25,29). The van der Waals surface area contributed by atoms with Gasteiger partial charge in [0.1, 0.15) is 24.6 Å². The van der Waals surface area contributed by atoms with E-state index in [0.717, 1.165) is 12.3 Å². The van der Waals surface area contributed by atoms with Crippen molar-refractivity contribution in [2.24, 2.45) is 0 Å². The molecule has 1 aliphatic heterocycles. The number of fused-ring (bicyclic) bond motifs is 1. The fourth-order valence-corrected chi connectivity index (χ4v) is 4.40. The molecule has 1 amide bonds. The minimum atomic E-state index is -0.864. The zero-order chi connectivity index (χ0) is 24.3. The smallest absolute Gasteiger partial charge is 0.412 e. The molecule has 3 N–H and O–H groups in total. The first-order valence-electron chi connectivity index (χ1n) is 9.55. The SMILES string of the molecule is CC(C)(C)OC(=O)Nc1c(Cl)nc2c(c1C(=O)c1ccc(F)c(NPI)c1C=N)OCCO2. The number of ether oxygens (including phenoxy) is 3. The van der Waals surface area contributed by atoms with Gasteiger partial charge in [0.25, 0.3) is 5.88 Å². The van der Waals surface area contributed by atoms with Crippen molar-refractivity contribution >= 4 is 69.5 Å². The average molecular weight is 609 g/mol. The van der Waals surface area contributed by atoms with Crippen LogP contribution in [0.15, 0.2) is 12.1 Å². The van der Waals surface area contributed by atoms with E-state index in [1.54, 1.807) is 20.8 Å². The number of anilines is 2. The minimum Gasteiger partial charge on any atom is -0.484 e. The topological polar surface area (TPSA) is 123 Å². The molecule has 0 bridgehead atoms. The highest BCUT2D eigenvalue weighted by Gasteiger charge is 2.32. The maximum absolute atomic E-state index is 14.4. The summed E-state index contributed by atoms with van der Waals surface area (Å²) >= 11 is 8.32. The second-order valence-corrected chi connectivity index (χ2v) is 10.1. The van der Waals surface area contributed by atoms with Gasteiger partial charge in [-0.05, 0) is 54.9 Å². The van der Waals surface area contributed by atoms with E-state index in [1.807, 2.05) is 22.0 Å². The van der Waals surface area contributed by atoms with Gasteiger partial charge in [-0.3, -0.25) is 10.1 Å². The predicted molar refractivity (Wildman–Crippen MR) is 134 cm³/mol. The van der Waals surface area contributed by atoms with E-state index in [9.17, 15) is 14.0 Å². The molecular weight excluding hydrogens is 589 g/mol. The van der Waals surface area contributed by atoms with Crippen molar-refractivity contribution in [1.82, 2.24) is 4.98 Å². The van der Waals surface area contributed by atoms with Gasteiger partial charge >= 0.3 is 6.09 Å². The first kappa shape index (κ1) is 25.4. The van der Waals surface area contributed by atoms with Crippen LogP contribution in [0, 0.1) is 11.2 Å². The average Bonchev–Trinajstić information content (AvgIpc) is 2.74. The van der Waals surface area contributed by atoms with Crippen LogP contribution >= 0.6 is 40.0 Å². The third kappa shape index (κ3) is 5.64. The molecule has 33 heavy (non-hydrogen) atoms. The Balaban J connectivity index is 2.20. The van der Waals surface area contributed by atoms with Crippen LogP contribution in [0.5, 0.6) is 11.6 Å². The summed E-state index contributed by atoms with van der Waals surface area (Å²) in [6.07, 6.45) is 0.109. The highest BCUT2D eigenvalue weighted by Crippen LogP contribution is 2.42. The predicted octanol–water partition coefficient (Wildman–Crippen LogP) is 5.58. The second-order valence-electron chi connectivity index (χ2n) is 7.69. The number of rotatable bonds is 6. The fraction of sp³-hybridized carbons (Fsp3) is 0.300. The Labute approximate surface area is 208 Å². The van der Waals surface area contributed by atoms with E-state index in [1.165, 1.54) is 6.07 Å². The molecule has 9 nitrogen and oxygen atoms in total. The van der Waals surface area contributed by atoms with Crippen LogP contribution in [0.2, 0.25) is 5.15 Å². The number of hydrogen-bond acceptors (Lipinski definition) is 8. The Hall–Kier alpha value is -2.24. The number of amides is 1. The first-order chi connectivity index (χ1) is 15.6. The number of carbonyl (C=O) groups excluding carboxylic acids is 2. The van der Waals surface area contributed by atoms with E-state index in [-0.39, 0.29) is 64.4 Å². The molecular formula is C20H20ClFIN4O5P. The van der Waals surface area contributed by atoms with Crippen molar-refractivity contribution in [3.05, 3.63) is 39.8 Å². The highest BCUT2D eigenvalue weighted by atomic mass is 127. The number of nitrogens with one attached hydrogen (secondary N) is 3. The van der Waals surface area contributed by atoms with Gasteiger partial charge in [0.05, 0.1) is 16.9 Å². The summed E-state index contributed by atoms with van der Waals surface area (Å²) in [6.45, 7) is 5.36. The van der Waals surface area contributed by atoms with Gasteiger partial charge in [-0.25, -0.2) is 9.18 Å². The number of benzene rings is 1. The van der Waals surface area contributed by atoms with Crippen LogP contribution in [-0.2, 0) is 4.74 Å². The zero-order valence-electron chi connectivity index (χ0n) is 17.8. The van der Waals surface area contributed by atoms with Crippen molar-refractivity contribution in [1.29, 1.82) is 5.41 Å². The van der Waals surface area contributed by atoms with Crippen LogP contribution in [0.25, 0.3) is 0 Å². The van der Waals surface area contributed by atoms with E-state index >= 15 is 0 Å². The summed E-state index contributed by atoms with van der Waals surface area (Å²) < 4.78 is 30.8. The van der Waals surface area contributed by atoms with Crippen LogP contribution in [0.3, 0.4) is 0 Å². The van der Waals surface area contributed by atoms with Crippen LogP contribution in [-0.4, -0.2) is 41.9 Å². The molecule has 0 saturated carbocycles. The monoisotopic (exact) mass is 608 g/mol. The molecule has 1 aliphatic rings. The maximum atomic E-state index is 14.4. The molecule has 0 saturated heterocycles. The minimum absolute atomic E-state index is 0.00516. The summed E-state index contributed by atoms with van der Waals surface area (Å²) in [4.78, 5) is 30.3. The number of nitrogens with zero attached hydrogens (tertiary/aromatic N) is 1. The summed E-state index contributed by atoms with van der Waals surface area (Å²) in [5, 5.41) is 12.9. The molecule has 2 aromatic rings. The number of carbonyl (C=O) groups is 2. The van der Waals surface area contributed by atoms with Gasteiger partial charge in [0.2, 0.25) is 0 Å². The summed E-state index contributed by atoms with van der Waals surface area (Å²) in [5.74, 6) is -1.33. The highest BCUT2D eigenvalue weighted by molar-refractivity contribution is 14.2. The van der Waals surface area contributed by atoms with Gasteiger partial charge in [0, 0.05) is 23.7 Å². The Bertz CT molecular complexity index is 1130. The molecule has 176 valence electrons. The molecule has 0 fully saturated rings. The molecule has 0 aliphatic carbocycles. The van der Waals surface area contributed by atoms with Crippen molar-refractivity contribution in [2.45, 2.75) is 26.4 Å². The van der Waals surface area contributed by atoms with Gasteiger partial charge in [0.15, 0.2) is 16.7 Å². The number of hydrogen-bond donors (Lipinski definition) is 3. The second kappa shape index (κ2) is 10.4. The first-order valence-corrected chi connectivity index (χ1v) is 14.0. The van der Waals surface area contributed by atoms with Crippen molar-refractivity contribution < 1.29 is 28.2 Å². The van der Waals surface area contributed by atoms with Crippen LogP contribution < -0.4 is 19.9 Å². The molecule has 0 spiro atoms. The van der Waals surface area contributed by atoms with Gasteiger partial charge in [-0.15, -0.1) is 0 Å². The lowest BCUT2D eigenvalue weighted by Crippen LogP contribution is -2.28. The number of pyridine rings is 1. The van der Waals surface area contributed by atoms with Gasteiger partial charge < -0.3 is 24.7 Å². The third-order valence-electron chi connectivity index (χ3n) is 4.25. The zero-order valence-corrected chi connectivity index (χ0v) is 21.7. The lowest BCUT2D eigenvalue weighted by Gasteiger charge is -2.24. The third-order valence-corrected chi connectivity index (χ3v) is 5.68. The Morgan fingerprint density at radius 2 is 2.00 bits per heavy atom. The molecule has 13 heteroatoms. The summed E-state index contributed by atoms with van der Waals surface area (Å²) in [7, 11) is 0. The molecule has 0 radical (unpaired) electrons. The largest absolute Gasteiger partial charge is 0.484 e. The normalized spacial score (nSPS) is 13.0. The lowest BCUT2D eigenvalue weighted by molar-refractivity contribution is 0.0635. The molecule has 2 heterocycles. The summed E-state index contributed by atoms with van der Waals surface area (Å²) in [6, 6.07) is 2.37. The quantitative estimate of drug-likeness (QED) is 0.129. The molecule has 1 aromatic heterocycles. The number of ketones is 1. The van der Waals surface area contributed by atoms with Crippen LogP contribution in [0.1, 0.15) is 42.3 Å². The lowest BCUT2D eigenvalue weighted by atomic mass is 9.96. The van der Waals surface area contributed by atoms with E-state index < -0.39 is 23.3 Å². The summed E-state index contributed by atoms with van der Waals surface area (Å²) in [5.41, 5.74) is -1.07. The number of aromatic nitrogens is 1. The van der Waals surface area contributed by atoms with Crippen molar-refractivity contribution in [2.75, 3.05) is 23.6 Å². The Morgan fingerprint density at radius 3 is 2.64 bits per heavy atom. The molecule has 1 aromatic carbocycles. The van der Waals surface area contributed by atoms with Crippen LogP contribution in [0.4, 0.5) is 20.6 Å².